The summed E-state index contributed by atoms with van der Waals surface area (Å²) in [5.41, 5.74) is 8.08. The molecule has 3 rings (SSSR count). The fourth-order valence-corrected chi connectivity index (χ4v) is 2.93. The van der Waals surface area contributed by atoms with Gasteiger partial charge in [-0.3, -0.25) is 4.79 Å². The van der Waals surface area contributed by atoms with E-state index in [9.17, 15) is 4.79 Å². The summed E-state index contributed by atoms with van der Waals surface area (Å²) in [6.45, 7) is 4.33. The van der Waals surface area contributed by atoms with Gasteiger partial charge < -0.3 is 20.1 Å². The van der Waals surface area contributed by atoms with Gasteiger partial charge in [0.15, 0.2) is 5.79 Å². The van der Waals surface area contributed by atoms with Crippen LogP contribution in [0.2, 0.25) is 0 Å². The van der Waals surface area contributed by atoms with Gasteiger partial charge in [-0.2, -0.15) is 0 Å². The Morgan fingerprint density at radius 1 is 1.35 bits per heavy atom. The van der Waals surface area contributed by atoms with Crippen molar-refractivity contribution >= 4 is 11.6 Å². The van der Waals surface area contributed by atoms with Crippen LogP contribution in [0.5, 0.6) is 0 Å². The first-order valence-corrected chi connectivity index (χ1v) is 7.04. The minimum Gasteiger partial charge on any atom is -0.398 e. The number of ether oxygens (including phenoxy) is 2. The molecule has 5 heteroatoms. The van der Waals surface area contributed by atoms with Crippen LogP contribution in [0.4, 0.5) is 5.69 Å². The highest BCUT2D eigenvalue weighted by molar-refractivity contribution is 5.99. The zero-order chi connectivity index (χ0) is 14.2. The average molecular weight is 276 g/mol. The monoisotopic (exact) mass is 276 g/mol. The maximum Gasteiger partial charge on any atom is 0.256 e. The standard InChI is InChI=1S/C15H20N2O3/c1-11-4-2-5-12(13(11)16)14(18)17-7-3-6-15(10-17)19-8-9-20-15/h2,4-5H,3,6-10,16H2,1H3. The van der Waals surface area contributed by atoms with Crippen LogP contribution in [0.15, 0.2) is 18.2 Å². The van der Waals surface area contributed by atoms with Crippen LogP contribution < -0.4 is 5.73 Å². The number of anilines is 1. The highest BCUT2D eigenvalue weighted by Gasteiger charge is 2.42. The van der Waals surface area contributed by atoms with Crippen molar-refractivity contribution in [3.63, 3.8) is 0 Å². The fraction of sp³-hybridized carbons (Fsp3) is 0.533. The van der Waals surface area contributed by atoms with E-state index in [1.807, 2.05) is 19.1 Å². The predicted molar refractivity (Wildman–Crippen MR) is 75.4 cm³/mol. The van der Waals surface area contributed by atoms with Crippen molar-refractivity contribution in [2.45, 2.75) is 25.6 Å². The summed E-state index contributed by atoms with van der Waals surface area (Å²) >= 11 is 0. The largest absolute Gasteiger partial charge is 0.398 e. The van der Waals surface area contributed by atoms with E-state index >= 15 is 0 Å². The number of likely N-dealkylation sites (tertiary alicyclic amines) is 1. The third-order valence-corrected chi connectivity index (χ3v) is 4.07. The molecule has 0 bridgehead atoms. The van der Waals surface area contributed by atoms with Crippen LogP contribution in [0.25, 0.3) is 0 Å². The number of carbonyl (C=O) groups excluding carboxylic acids is 1. The molecular weight excluding hydrogens is 256 g/mol. The molecule has 1 aromatic carbocycles. The Kier molecular flexibility index (Phi) is 3.40. The Morgan fingerprint density at radius 2 is 2.10 bits per heavy atom. The zero-order valence-electron chi connectivity index (χ0n) is 11.7. The molecule has 2 fully saturated rings. The highest BCUT2D eigenvalue weighted by Crippen LogP contribution is 2.31. The number of benzene rings is 1. The van der Waals surface area contributed by atoms with Gasteiger partial charge in [-0.05, 0) is 25.0 Å². The molecule has 2 heterocycles. The number of amides is 1. The van der Waals surface area contributed by atoms with Crippen molar-refractivity contribution in [2.75, 3.05) is 32.0 Å². The number of hydrogen-bond acceptors (Lipinski definition) is 4. The number of nitrogens with two attached hydrogens (primary N) is 1. The molecule has 0 radical (unpaired) electrons. The number of hydrogen-bond donors (Lipinski definition) is 1. The quantitative estimate of drug-likeness (QED) is 0.791. The van der Waals surface area contributed by atoms with Crippen molar-refractivity contribution in [1.82, 2.24) is 4.90 Å². The maximum atomic E-state index is 12.6. The first-order valence-electron chi connectivity index (χ1n) is 7.04. The molecule has 0 atom stereocenters. The summed E-state index contributed by atoms with van der Waals surface area (Å²) in [6.07, 6.45) is 1.73. The van der Waals surface area contributed by atoms with Gasteiger partial charge in [0.1, 0.15) is 0 Å². The zero-order valence-corrected chi connectivity index (χ0v) is 11.7. The van der Waals surface area contributed by atoms with E-state index in [-0.39, 0.29) is 5.91 Å². The van der Waals surface area contributed by atoms with E-state index in [1.54, 1.807) is 11.0 Å². The molecule has 0 aromatic heterocycles. The van der Waals surface area contributed by atoms with Gasteiger partial charge in [-0.15, -0.1) is 0 Å². The third-order valence-electron chi connectivity index (χ3n) is 4.07. The van der Waals surface area contributed by atoms with E-state index in [0.29, 0.717) is 31.0 Å². The molecule has 1 amide bonds. The van der Waals surface area contributed by atoms with Gasteiger partial charge in [-0.25, -0.2) is 0 Å². The summed E-state index contributed by atoms with van der Waals surface area (Å²) in [4.78, 5) is 14.4. The van der Waals surface area contributed by atoms with E-state index < -0.39 is 5.79 Å². The van der Waals surface area contributed by atoms with E-state index in [4.69, 9.17) is 15.2 Å². The van der Waals surface area contributed by atoms with Crippen LogP contribution in [-0.4, -0.2) is 42.9 Å². The van der Waals surface area contributed by atoms with Crippen LogP contribution in [0.1, 0.15) is 28.8 Å². The normalized spacial score (nSPS) is 21.4. The predicted octanol–water partition coefficient (Wildman–Crippen LogP) is 1.56. The topological polar surface area (TPSA) is 64.8 Å². The lowest BCUT2D eigenvalue weighted by atomic mass is 10.0. The molecule has 0 aliphatic carbocycles. The lowest BCUT2D eigenvalue weighted by Crippen LogP contribution is -2.51. The molecule has 1 spiro atoms. The number of nitrogens with zero attached hydrogens (tertiary/aromatic N) is 1. The summed E-state index contributed by atoms with van der Waals surface area (Å²) < 4.78 is 11.4. The highest BCUT2D eigenvalue weighted by atomic mass is 16.7. The molecular formula is C15H20N2O3. The summed E-state index contributed by atoms with van der Waals surface area (Å²) in [6, 6.07) is 5.55. The number of carbonyl (C=O) groups is 1. The SMILES string of the molecule is Cc1cccc(C(=O)N2CCCC3(C2)OCCO3)c1N. The number of para-hydroxylation sites is 1. The molecule has 2 aliphatic heterocycles. The Balaban J connectivity index is 1.81. The maximum absolute atomic E-state index is 12.6. The molecule has 2 saturated heterocycles. The van der Waals surface area contributed by atoms with Crippen LogP contribution in [0.3, 0.4) is 0 Å². The van der Waals surface area contributed by atoms with Crippen molar-refractivity contribution in [2.24, 2.45) is 0 Å². The third kappa shape index (κ3) is 2.27. The minimum atomic E-state index is -0.591. The second-order valence-electron chi connectivity index (χ2n) is 5.47. The number of piperidine rings is 1. The van der Waals surface area contributed by atoms with Gasteiger partial charge in [0.25, 0.3) is 5.91 Å². The summed E-state index contributed by atoms with van der Waals surface area (Å²) in [5, 5.41) is 0. The second-order valence-corrected chi connectivity index (χ2v) is 5.47. The first kappa shape index (κ1) is 13.4. The molecule has 2 N–H and O–H groups in total. The Bertz CT molecular complexity index is 524. The van der Waals surface area contributed by atoms with E-state index in [0.717, 1.165) is 24.9 Å². The molecule has 5 nitrogen and oxygen atoms in total. The average Bonchev–Trinajstić information content (AvgIpc) is 2.89. The fourth-order valence-electron chi connectivity index (χ4n) is 2.93. The lowest BCUT2D eigenvalue weighted by Gasteiger charge is -2.38. The van der Waals surface area contributed by atoms with Gasteiger partial charge in [0, 0.05) is 18.7 Å². The summed E-state index contributed by atoms with van der Waals surface area (Å²) in [5.74, 6) is -0.628. The molecule has 20 heavy (non-hydrogen) atoms. The van der Waals surface area contributed by atoms with Crippen molar-refractivity contribution in [3.8, 4) is 0 Å². The Morgan fingerprint density at radius 3 is 2.85 bits per heavy atom. The second kappa shape index (κ2) is 5.07. The number of nitrogen functional groups attached to an aromatic ring is 1. The van der Waals surface area contributed by atoms with Gasteiger partial charge in [0.05, 0.1) is 25.3 Å². The van der Waals surface area contributed by atoms with E-state index in [1.165, 1.54) is 0 Å². The van der Waals surface area contributed by atoms with Crippen molar-refractivity contribution in [3.05, 3.63) is 29.3 Å². The smallest absolute Gasteiger partial charge is 0.256 e. The summed E-state index contributed by atoms with van der Waals surface area (Å²) in [7, 11) is 0. The Hall–Kier alpha value is -1.59. The first-order chi connectivity index (χ1) is 9.61. The lowest BCUT2D eigenvalue weighted by molar-refractivity contribution is -0.183. The number of rotatable bonds is 1. The molecule has 108 valence electrons. The number of aryl methyl sites for hydroxylation is 1. The Labute approximate surface area is 118 Å². The van der Waals surface area contributed by atoms with Gasteiger partial charge in [0.2, 0.25) is 0 Å². The van der Waals surface area contributed by atoms with Crippen molar-refractivity contribution < 1.29 is 14.3 Å². The van der Waals surface area contributed by atoms with Crippen molar-refractivity contribution in [1.29, 1.82) is 0 Å². The minimum absolute atomic E-state index is 0.0376. The van der Waals surface area contributed by atoms with Crippen LogP contribution >= 0.6 is 0 Å². The molecule has 0 saturated carbocycles. The molecule has 0 unspecified atom stereocenters. The van der Waals surface area contributed by atoms with Crippen LogP contribution in [-0.2, 0) is 9.47 Å². The van der Waals surface area contributed by atoms with Gasteiger partial charge >= 0.3 is 0 Å². The molecule has 2 aliphatic rings. The van der Waals surface area contributed by atoms with Crippen LogP contribution in [0, 0.1) is 6.92 Å². The van der Waals surface area contributed by atoms with Gasteiger partial charge in [-0.1, -0.05) is 12.1 Å². The molecule has 1 aromatic rings. The van der Waals surface area contributed by atoms with E-state index in [2.05, 4.69) is 0 Å².